The van der Waals surface area contributed by atoms with E-state index < -0.39 is 28.4 Å². The van der Waals surface area contributed by atoms with Gasteiger partial charge in [-0.15, -0.1) is 0 Å². The summed E-state index contributed by atoms with van der Waals surface area (Å²) in [5.74, 6) is -0.140. The normalized spacial score (nSPS) is 15.2. The lowest BCUT2D eigenvalue weighted by Crippen LogP contribution is -2.43. The van der Waals surface area contributed by atoms with Crippen LogP contribution in [0.3, 0.4) is 0 Å². The predicted octanol–water partition coefficient (Wildman–Crippen LogP) is 3.96. The number of hydrogen-bond acceptors (Lipinski definition) is 9. The molecule has 44 heavy (non-hydrogen) atoms. The number of alkyl halides is 3. The third kappa shape index (κ3) is 5.95. The average molecular weight is 628 g/mol. The van der Waals surface area contributed by atoms with E-state index in [2.05, 4.69) is 20.3 Å². The Morgan fingerprint density at radius 3 is 2.48 bits per heavy atom. The van der Waals surface area contributed by atoms with Crippen LogP contribution in [0.15, 0.2) is 53.8 Å². The maximum absolute atomic E-state index is 13.7. The molecule has 1 atom stereocenters. The molecule has 0 saturated carbocycles. The molecule has 15 heteroatoms. The number of aliphatic hydroxyl groups is 1. The smallest absolute Gasteiger partial charge is 0.387 e. The van der Waals surface area contributed by atoms with Crippen LogP contribution in [0.1, 0.15) is 36.5 Å². The summed E-state index contributed by atoms with van der Waals surface area (Å²) in [5, 5.41) is 22.0. The van der Waals surface area contributed by atoms with Gasteiger partial charge in [-0.3, -0.25) is 4.79 Å². The van der Waals surface area contributed by atoms with Gasteiger partial charge in [-0.1, -0.05) is 17.7 Å². The molecule has 1 amide bonds. The number of carbonyl (C=O) groups excluding carboxylic acids is 1. The standard InChI is InChI=1S/C29H28F3N7O4S/c1-17-3-5-22(6-4-17)44(42,43)39-15-24(23-11-21(29(30,31)32)14-34-27(23)39)26-20(12-33)13-35-28(37-26)36-18(2)19-7-9-38(10-8-19)25(41)16-40/h3-6,11,13-15,18-19,40H,7-10,16H2,1-2H3,(H,35,36,37). The van der Waals surface area contributed by atoms with Crippen molar-refractivity contribution in [2.45, 2.75) is 43.8 Å². The number of nitrogens with zero attached hydrogens (tertiary/aromatic N) is 6. The summed E-state index contributed by atoms with van der Waals surface area (Å²) in [6, 6.07) is 8.51. The zero-order valence-corrected chi connectivity index (χ0v) is 24.5. The van der Waals surface area contributed by atoms with E-state index >= 15 is 0 Å². The Morgan fingerprint density at radius 1 is 1.18 bits per heavy atom. The molecule has 1 saturated heterocycles. The molecule has 0 spiro atoms. The van der Waals surface area contributed by atoms with Crippen molar-refractivity contribution in [3.8, 4) is 17.3 Å². The van der Waals surface area contributed by atoms with Gasteiger partial charge in [0.15, 0.2) is 5.65 Å². The van der Waals surface area contributed by atoms with Crippen molar-refractivity contribution in [3.63, 3.8) is 0 Å². The number of benzene rings is 1. The van der Waals surface area contributed by atoms with Crippen LogP contribution in [0.25, 0.3) is 22.3 Å². The Kier molecular flexibility index (Phi) is 8.32. The number of aliphatic hydroxyl groups excluding tert-OH is 1. The minimum atomic E-state index is -4.76. The van der Waals surface area contributed by atoms with Gasteiger partial charge < -0.3 is 15.3 Å². The second-order valence-electron chi connectivity index (χ2n) is 10.6. The van der Waals surface area contributed by atoms with Crippen LogP contribution in [0.5, 0.6) is 0 Å². The third-order valence-corrected chi connectivity index (χ3v) is 9.44. The Balaban J connectivity index is 1.57. The lowest BCUT2D eigenvalue weighted by atomic mass is 9.90. The van der Waals surface area contributed by atoms with Crippen LogP contribution in [-0.4, -0.2) is 69.0 Å². The molecule has 0 radical (unpaired) electrons. The molecule has 2 N–H and O–H groups in total. The highest BCUT2D eigenvalue weighted by molar-refractivity contribution is 7.90. The number of amides is 1. The summed E-state index contributed by atoms with van der Waals surface area (Å²) in [5.41, 5.74) is -0.731. The highest BCUT2D eigenvalue weighted by atomic mass is 32.2. The summed E-state index contributed by atoms with van der Waals surface area (Å²) in [7, 11) is -4.31. The molecule has 1 fully saturated rings. The maximum Gasteiger partial charge on any atom is 0.417 e. The number of hydrogen-bond donors (Lipinski definition) is 2. The van der Waals surface area contributed by atoms with E-state index in [0.29, 0.717) is 32.1 Å². The number of likely N-dealkylation sites (tertiary alicyclic amines) is 1. The molecule has 4 aromatic rings. The number of aryl methyl sites for hydroxylation is 1. The molecule has 0 aliphatic carbocycles. The Labute approximate surface area is 251 Å². The SMILES string of the molecule is Cc1ccc(S(=O)(=O)n2cc(-c3nc(NC(C)C4CCN(C(=O)CO)CC4)ncc3C#N)c3cc(C(F)(F)F)cnc32)cc1. The second kappa shape index (κ2) is 11.9. The van der Waals surface area contributed by atoms with E-state index in [-0.39, 0.29) is 56.6 Å². The van der Waals surface area contributed by atoms with Gasteiger partial charge >= 0.3 is 6.18 Å². The number of halogens is 3. The highest BCUT2D eigenvalue weighted by Crippen LogP contribution is 2.37. The molecule has 5 rings (SSSR count). The number of nitrogens with one attached hydrogen (secondary N) is 1. The van der Waals surface area contributed by atoms with Gasteiger partial charge in [-0.05, 0) is 50.8 Å². The minimum Gasteiger partial charge on any atom is -0.387 e. The highest BCUT2D eigenvalue weighted by Gasteiger charge is 2.33. The molecule has 1 aliphatic heterocycles. The average Bonchev–Trinajstić information content (AvgIpc) is 3.40. The van der Waals surface area contributed by atoms with Crippen LogP contribution in [0, 0.1) is 24.2 Å². The van der Waals surface area contributed by atoms with Gasteiger partial charge in [0.05, 0.1) is 27.9 Å². The van der Waals surface area contributed by atoms with Gasteiger partial charge in [-0.25, -0.2) is 27.3 Å². The number of anilines is 1. The van der Waals surface area contributed by atoms with Crippen LogP contribution >= 0.6 is 0 Å². The molecular formula is C29H28F3N7O4S. The lowest BCUT2D eigenvalue weighted by molar-refractivity contribution is -0.138. The number of carbonyl (C=O) groups is 1. The lowest BCUT2D eigenvalue weighted by Gasteiger charge is -2.34. The summed E-state index contributed by atoms with van der Waals surface area (Å²) in [4.78, 5) is 25.9. The molecule has 0 bridgehead atoms. The van der Waals surface area contributed by atoms with E-state index in [1.807, 2.05) is 13.0 Å². The first kappa shape index (κ1) is 30.9. The summed E-state index contributed by atoms with van der Waals surface area (Å²) in [6.07, 6.45) is -0.555. The largest absolute Gasteiger partial charge is 0.417 e. The van der Waals surface area contributed by atoms with Crippen LogP contribution in [0.2, 0.25) is 0 Å². The summed E-state index contributed by atoms with van der Waals surface area (Å²) >= 11 is 0. The third-order valence-electron chi connectivity index (χ3n) is 7.77. The fourth-order valence-corrected chi connectivity index (χ4v) is 6.56. The van der Waals surface area contributed by atoms with Crippen LogP contribution in [-0.2, 0) is 21.0 Å². The number of nitriles is 1. The number of pyridine rings is 1. The first-order valence-corrected chi connectivity index (χ1v) is 15.1. The van der Waals surface area contributed by atoms with Crippen molar-refractivity contribution in [1.29, 1.82) is 5.26 Å². The number of fused-ring (bicyclic) bond motifs is 1. The Bertz CT molecular complexity index is 1860. The zero-order chi connectivity index (χ0) is 31.8. The summed E-state index contributed by atoms with van der Waals surface area (Å²) < 4.78 is 69.3. The van der Waals surface area contributed by atoms with Crippen LogP contribution < -0.4 is 5.32 Å². The Hall–Kier alpha value is -4.55. The van der Waals surface area contributed by atoms with E-state index in [4.69, 9.17) is 5.11 Å². The van der Waals surface area contributed by atoms with Crippen molar-refractivity contribution < 1.29 is 31.5 Å². The quantitative estimate of drug-likeness (QED) is 0.310. The van der Waals surface area contributed by atoms with Crippen molar-refractivity contribution in [2.24, 2.45) is 5.92 Å². The van der Waals surface area contributed by atoms with Gasteiger partial charge in [-0.2, -0.15) is 18.4 Å². The van der Waals surface area contributed by atoms with Crippen LogP contribution in [0.4, 0.5) is 19.1 Å². The first-order chi connectivity index (χ1) is 20.8. The molecule has 1 aliphatic rings. The molecule has 230 valence electrons. The van der Waals surface area contributed by atoms with Crippen molar-refractivity contribution in [3.05, 3.63) is 65.6 Å². The minimum absolute atomic E-state index is 0.0419. The molecule has 3 aromatic heterocycles. The van der Waals surface area contributed by atoms with Gasteiger partial charge in [0, 0.05) is 42.5 Å². The number of aromatic nitrogens is 4. The van der Waals surface area contributed by atoms with Crippen molar-refractivity contribution in [1.82, 2.24) is 23.8 Å². The molecule has 4 heterocycles. The van der Waals surface area contributed by atoms with Gasteiger partial charge in [0.2, 0.25) is 11.9 Å². The summed E-state index contributed by atoms with van der Waals surface area (Å²) in [6.45, 7) is 4.07. The van der Waals surface area contributed by atoms with E-state index in [1.54, 1.807) is 24.0 Å². The number of piperidine rings is 1. The monoisotopic (exact) mass is 627 g/mol. The van der Waals surface area contributed by atoms with Gasteiger partial charge in [0.25, 0.3) is 10.0 Å². The maximum atomic E-state index is 13.7. The molecule has 1 aromatic carbocycles. The van der Waals surface area contributed by atoms with Gasteiger partial charge in [0.1, 0.15) is 12.7 Å². The zero-order valence-electron chi connectivity index (χ0n) is 23.7. The molecular weight excluding hydrogens is 599 g/mol. The molecule has 11 nitrogen and oxygen atoms in total. The second-order valence-corrected chi connectivity index (χ2v) is 12.4. The topological polar surface area (TPSA) is 154 Å². The van der Waals surface area contributed by atoms with E-state index in [1.165, 1.54) is 18.3 Å². The fraction of sp³-hybridized carbons (Fsp3) is 0.345. The van der Waals surface area contributed by atoms with Crippen molar-refractivity contribution >= 4 is 32.9 Å². The molecule has 1 unspecified atom stereocenters. The van der Waals surface area contributed by atoms with Crippen molar-refractivity contribution in [2.75, 3.05) is 25.0 Å². The fourth-order valence-electron chi connectivity index (χ4n) is 5.24. The van der Waals surface area contributed by atoms with E-state index in [9.17, 15) is 31.6 Å². The predicted molar refractivity (Wildman–Crippen MR) is 154 cm³/mol. The first-order valence-electron chi connectivity index (χ1n) is 13.7. The Morgan fingerprint density at radius 2 is 1.86 bits per heavy atom. The van der Waals surface area contributed by atoms with E-state index in [0.717, 1.165) is 21.8 Å². The number of rotatable bonds is 7.